The molecule has 0 saturated carbocycles. The minimum absolute atomic E-state index is 0.147. The number of Topliss-reactive ketones (excluding diaryl/α,β-unsaturated/α-hetero) is 1. The number of carboxylic acids is 1. The summed E-state index contributed by atoms with van der Waals surface area (Å²) in [5.74, 6) is -2.05. The van der Waals surface area contributed by atoms with Crippen LogP contribution in [0.1, 0.15) is 27.2 Å². The van der Waals surface area contributed by atoms with Crippen molar-refractivity contribution in [3.8, 4) is 0 Å². The SMILES string of the molecule is CC(C)(C)OC(=O)CC(=O)CNCC(=O)O. The number of rotatable bonds is 6. The maximum absolute atomic E-state index is 11.2. The predicted molar refractivity (Wildman–Crippen MR) is 56.0 cm³/mol. The summed E-state index contributed by atoms with van der Waals surface area (Å²) in [6.07, 6.45) is -0.343. The van der Waals surface area contributed by atoms with Crippen molar-refractivity contribution in [2.45, 2.75) is 32.8 Å². The third-order valence-corrected chi connectivity index (χ3v) is 1.36. The summed E-state index contributed by atoms with van der Waals surface area (Å²) in [6.45, 7) is 4.67. The second-order valence-electron chi connectivity index (χ2n) is 4.30. The fraction of sp³-hybridized carbons (Fsp3) is 0.700. The standard InChI is InChI=1S/C10H17NO5/c1-10(2,3)16-9(15)4-7(12)5-11-6-8(13)14/h11H,4-6H2,1-3H3,(H,13,14). The van der Waals surface area contributed by atoms with Crippen LogP contribution in [-0.2, 0) is 19.1 Å². The maximum Gasteiger partial charge on any atom is 0.317 e. The molecule has 0 aliphatic rings. The number of carbonyl (C=O) groups is 3. The van der Waals surface area contributed by atoms with Gasteiger partial charge >= 0.3 is 11.9 Å². The lowest BCUT2D eigenvalue weighted by Crippen LogP contribution is -2.31. The van der Waals surface area contributed by atoms with Gasteiger partial charge in [0, 0.05) is 0 Å². The fourth-order valence-electron chi connectivity index (χ4n) is 0.910. The Morgan fingerprint density at radius 2 is 1.75 bits per heavy atom. The second-order valence-corrected chi connectivity index (χ2v) is 4.30. The van der Waals surface area contributed by atoms with Crippen LogP contribution in [0.5, 0.6) is 0 Å². The van der Waals surface area contributed by atoms with E-state index in [1.807, 2.05) is 0 Å². The molecular formula is C10H17NO5. The Morgan fingerprint density at radius 1 is 1.19 bits per heavy atom. The van der Waals surface area contributed by atoms with Crippen molar-refractivity contribution in [3.63, 3.8) is 0 Å². The van der Waals surface area contributed by atoms with Crippen LogP contribution in [0.25, 0.3) is 0 Å². The molecule has 92 valence electrons. The van der Waals surface area contributed by atoms with E-state index in [1.165, 1.54) is 0 Å². The van der Waals surface area contributed by atoms with Crippen LogP contribution in [-0.4, -0.2) is 41.5 Å². The molecular weight excluding hydrogens is 214 g/mol. The summed E-state index contributed by atoms with van der Waals surface area (Å²) in [6, 6.07) is 0. The third kappa shape index (κ3) is 9.14. The van der Waals surface area contributed by atoms with Crippen LogP contribution in [0.15, 0.2) is 0 Å². The van der Waals surface area contributed by atoms with Gasteiger partial charge in [-0.25, -0.2) is 0 Å². The average Bonchev–Trinajstić information content (AvgIpc) is 1.98. The number of hydrogen-bond acceptors (Lipinski definition) is 5. The lowest BCUT2D eigenvalue weighted by Gasteiger charge is -2.19. The van der Waals surface area contributed by atoms with E-state index < -0.39 is 23.3 Å². The Bertz CT molecular complexity index is 279. The minimum atomic E-state index is -1.05. The lowest BCUT2D eigenvalue weighted by atomic mass is 10.2. The molecule has 16 heavy (non-hydrogen) atoms. The van der Waals surface area contributed by atoms with Crippen molar-refractivity contribution in [3.05, 3.63) is 0 Å². The van der Waals surface area contributed by atoms with Crippen LogP contribution in [0.2, 0.25) is 0 Å². The second kappa shape index (κ2) is 6.22. The molecule has 0 unspecified atom stereocenters. The van der Waals surface area contributed by atoms with Crippen molar-refractivity contribution >= 4 is 17.7 Å². The van der Waals surface area contributed by atoms with Gasteiger partial charge in [-0.1, -0.05) is 0 Å². The predicted octanol–water partition coefficient (Wildman–Crippen LogP) is -0.0385. The van der Waals surface area contributed by atoms with E-state index >= 15 is 0 Å². The van der Waals surface area contributed by atoms with Gasteiger partial charge in [-0.3, -0.25) is 14.4 Å². The Morgan fingerprint density at radius 3 is 2.19 bits per heavy atom. The molecule has 2 N–H and O–H groups in total. The maximum atomic E-state index is 11.2. The van der Waals surface area contributed by atoms with Gasteiger partial charge < -0.3 is 15.2 Å². The topological polar surface area (TPSA) is 92.7 Å². The van der Waals surface area contributed by atoms with Crippen LogP contribution in [0, 0.1) is 0 Å². The molecule has 0 aromatic rings. The summed E-state index contributed by atoms with van der Waals surface area (Å²) in [4.78, 5) is 32.5. The molecule has 6 nitrogen and oxygen atoms in total. The van der Waals surface area contributed by atoms with Crippen molar-refractivity contribution < 1.29 is 24.2 Å². The summed E-state index contributed by atoms with van der Waals surface area (Å²) in [5, 5.41) is 10.7. The van der Waals surface area contributed by atoms with Gasteiger partial charge in [-0.2, -0.15) is 0 Å². The van der Waals surface area contributed by atoms with Gasteiger partial charge in [0.05, 0.1) is 13.1 Å². The Hall–Kier alpha value is -1.43. The molecule has 0 saturated heterocycles. The number of carboxylic acid groups (broad SMARTS) is 1. The number of aliphatic carboxylic acids is 1. The summed E-state index contributed by atoms with van der Waals surface area (Å²) < 4.78 is 4.93. The highest BCUT2D eigenvalue weighted by molar-refractivity contribution is 5.96. The van der Waals surface area contributed by atoms with Gasteiger partial charge in [-0.05, 0) is 20.8 Å². The number of ether oxygens (including phenoxy) is 1. The number of ketones is 1. The third-order valence-electron chi connectivity index (χ3n) is 1.36. The molecule has 0 fully saturated rings. The van der Waals surface area contributed by atoms with Crippen LogP contribution in [0.4, 0.5) is 0 Å². The Labute approximate surface area is 94.0 Å². The molecule has 6 heteroatoms. The highest BCUT2D eigenvalue weighted by atomic mass is 16.6. The zero-order valence-electron chi connectivity index (χ0n) is 9.70. The molecule has 0 bridgehead atoms. The number of carbonyl (C=O) groups excluding carboxylic acids is 2. The lowest BCUT2D eigenvalue weighted by molar-refractivity contribution is -0.156. The Kier molecular flexibility index (Phi) is 5.66. The van der Waals surface area contributed by atoms with Crippen LogP contribution < -0.4 is 5.32 Å². The number of esters is 1. The smallest absolute Gasteiger partial charge is 0.317 e. The zero-order chi connectivity index (χ0) is 12.8. The molecule has 0 aliphatic heterocycles. The molecule has 0 rings (SSSR count). The van der Waals surface area contributed by atoms with Crippen molar-refractivity contribution in [2.24, 2.45) is 0 Å². The first-order valence-corrected chi connectivity index (χ1v) is 4.87. The average molecular weight is 231 g/mol. The van der Waals surface area contributed by atoms with Gasteiger partial charge in [0.25, 0.3) is 0 Å². The number of nitrogens with one attached hydrogen (secondary N) is 1. The van der Waals surface area contributed by atoms with E-state index in [-0.39, 0.29) is 19.5 Å². The summed E-state index contributed by atoms with van der Waals surface area (Å²) in [5.41, 5.74) is -0.619. The summed E-state index contributed by atoms with van der Waals surface area (Å²) in [7, 11) is 0. The van der Waals surface area contributed by atoms with Crippen molar-refractivity contribution in [2.75, 3.05) is 13.1 Å². The van der Waals surface area contributed by atoms with Gasteiger partial charge in [-0.15, -0.1) is 0 Å². The molecule has 0 radical (unpaired) electrons. The number of hydrogen-bond donors (Lipinski definition) is 2. The zero-order valence-corrected chi connectivity index (χ0v) is 9.70. The molecule has 0 spiro atoms. The highest BCUT2D eigenvalue weighted by Gasteiger charge is 2.18. The largest absolute Gasteiger partial charge is 0.480 e. The molecule has 0 aromatic carbocycles. The van der Waals surface area contributed by atoms with E-state index in [4.69, 9.17) is 9.84 Å². The molecule has 0 aliphatic carbocycles. The van der Waals surface area contributed by atoms with Crippen molar-refractivity contribution in [1.82, 2.24) is 5.32 Å². The quantitative estimate of drug-likeness (QED) is 0.492. The van der Waals surface area contributed by atoms with E-state index in [1.54, 1.807) is 20.8 Å². The van der Waals surface area contributed by atoms with Gasteiger partial charge in [0.1, 0.15) is 12.0 Å². The van der Waals surface area contributed by atoms with E-state index in [0.29, 0.717) is 0 Å². The van der Waals surface area contributed by atoms with Crippen molar-refractivity contribution in [1.29, 1.82) is 0 Å². The fourth-order valence-corrected chi connectivity index (χ4v) is 0.910. The molecule has 0 aromatic heterocycles. The van der Waals surface area contributed by atoms with Gasteiger partial charge in [0.15, 0.2) is 5.78 Å². The Balaban J connectivity index is 3.79. The normalized spacial score (nSPS) is 10.9. The minimum Gasteiger partial charge on any atom is -0.480 e. The van der Waals surface area contributed by atoms with E-state index in [0.717, 1.165) is 0 Å². The molecule has 0 heterocycles. The monoisotopic (exact) mass is 231 g/mol. The first kappa shape index (κ1) is 14.6. The van der Waals surface area contributed by atoms with Crippen LogP contribution >= 0.6 is 0 Å². The first-order chi connectivity index (χ1) is 7.20. The first-order valence-electron chi connectivity index (χ1n) is 4.87. The van der Waals surface area contributed by atoms with Gasteiger partial charge in [0.2, 0.25) is 0 Å². The molecule has 0 amide bonds. The summed E-state index contributed by atoms with van der Waals surface area (Å²) >= 11 is 0. The molecule has 0 atom stereocenters. The van der Waals surface area contributed by atoms with E-state index in [9.17, 15) is 14.4 Å². The van der Waals surface area contributed by atoms with E-state index in [2.05, 4.69) is 5.32 Å². The highest BCUT2D eigenvalue weighted by Crippen LogP contribution is 2.08. The van der Waals surface area contributed by atoms with Crippen LogP contribution in [0.3, 0.4) is 0 Å².